The fourth-order valence-corrected chi connectivity index (χ4v) is 2.40. The number of rotatable bonds is 3. The molecule has 19 heavy (non-hydrogen) atoms. The van der Waals surface area contributed by atoms with Crippen LogP contribution in [0.1, 0.15) is 19.4 Å². The number of nitrogens with one attached hydrogen (secondary N) is 2. The number of urea groups is 1. The first kappa shape index (κ1) is 13.4. The quantitative estimate of drug-likeness (QED) is 0.861. The zero-order valence-electron chi connectivity index (χ0n) is 11.3. The molecule has 0 radical (unpaired) electrons. The molecular weight excluding hydrogens is 242 g/mol. The lowest BCUT2D eigenvalue weighted by atomic mass is 10.1. The first-order valence-electron chi connectivity index (χ1n) is 6.54. The molecule has 1 aliphatic heterocycles. The maximum atomic E-state index is 11.8. The second-order valence-corrected chi connectivity index (χ2v) is 4.72. The van der Waals surface area contributed by atoms with Gasteiger partial charge in [0.1, 0.15) is 0 Å². The van der Waals surface area contributed by atoms with E-state index in [1.807, 2.05) is 30.0 Å². The molecule has 0 saturated carbocycles. The zero-order chi connectivity index (χ0) is 13.8. The van der Waals surface area contributed by atoms with Crippen LogP contribution < -0.4 is 15.5 Å². The van der Waals surface area contributed by atoms with Gasteiger partial charge in [0.05, 0.1) is 6.54 Å². The second-order valence-electron chi connectivity index (χ2n) is 4.72. The fourth-order valence-electron chi connectivity index (χ4n) is 2.40. The van der Waals surface area contributed by atoms with E-state index in [9.17, 15) is 9.59 Å². The first-order valence-corrected chi connectivity index (χ1v) is 6.54. The number of benzene rings is 1. The summed E-state index contributed by atoms with van der Waals surface area (Å²) in [5.74, 6) is -0.283. The number of nitrogens with zero attached hydrogens (tertiary/aromatic N) is 1. The summed E-state index contributed by atoms with van der Waals surface area (Å²) in [6, 6.07) is 7.89. The number of anilines is 1. The third-order valence-electron chi connectivity index (χ3n) is 3.25. The van der Waals surface area contributed by atoms with Crippen molar-refractivity contribution in [3.05, 3.63) is 29.8 Å². The van der Waals surface area contributed by atoms with Crippen molar-refractivity contribution < 1.29 is 9.59 Å². The van der Waals surface area contributed by atoms with Gasteiger partial charge in [0.2, 0.25) is 5.91 Å². The van der Waals surface area contributed by atoms with Gasteiger partial charge in [-0.05, 0) is 31.9 Å². The minimum atomic E-state index is -0.437. The van der Waals surface area contributed by atoms with Gasteiger partial charge in [-0.2, -0.15) is 0 Å². The van der Waals surface area contributed by atoms with Gasteiger partial charge in [0, 0.05) is 18.3 Å². The Morgan fingerprint density at radius 1 is 1.37 bits per heavy atom. The number of para-hydroxylation sites is 1. The Kier molecular flexibility index (Phi) is 4.04. The number of imide groups is 1. The Morgan fingerprint density at radius 2 is 2.11 bits per heavy atom. The highest BCUT2D eigenvalue weighted by atomic mass is 16.2. The molecule has 102 valence electrons. The van der Waals surface area contributed by atoms with Gasteiger partial charge in [0.25, 0.3) is 0 Å². The number of hydrogen-bond donors (Lipinski definition) is 2. The summed E-state index contributed by atoms with van der Waals surface area (Å²) >= 11 is 0. The third-order valence-corrected chi connectivity index (χ3v) is 3.25. The Balaban J connectivity index is 1.99. The van der Waals surface area contributed by atoms with E-state index in [0.717, 1.165) is 12.1 Å². The number of amides is 3. The summed E-state index contributed by atoms with van der Waals surface area (Å²) in [5.41, 5.74) is 2.34. The summed E-state index contributed by atoms with van der Waals surface area (Å²) in [6.45, 7) is 4.60. The van der Waals surface area contributed by atoms with E-state index in [0.29, 0.717) is 6.54 Å². The average molecular weight is 261 g/mol. The molecule has 2 N–H and O–H groups in total. The standard InChI is InChI=1S/C14H19N3O2/c1-3-15-14(19)16-13(18)9-17-10(2)8-11-6-4-5-7-12(11)17/h4-7,10H,3,8-9H2,1-2H3,(H2,15,16,18,19)/t10-/m0/s1. The van der Waals surface area contributed by atoms with E-state index in [1.54, 1.807) is 0 Å². The van der Waals surface area contributed by atoms with Gasteiger partial charge >= 0.3 is 6.03 Å². The molecular formula is C14H19N3O2. The van der Waals surface area contributed by atoms with Crippen molar-refractivity contribution in [1.82, 2.24) is 10.6 Å². The maximum absolute atomic E-state index is 11.8. The first-order chi connectivity index (χ1) is 9.11. The van der Waals surface area contributed by atoms with E-state index in [1.165, 1.54) is 5.56 Å². The monoisotopic (exact) mass is 261 g/mol. The summed E-state index contributed by atoms with van der Waals surface area (Å²) in [4.78, 5) is 25.2. The number of carbonyl (C=O) groups is 2. The van der Waals surface area contributed by atoms with Crippen LogP contribution in [0.4, 0.5) is 10.5 Å². The van der Waals surface area contributed by atoms with Crippen molar-refractivity contribution in [2.45, 2.75) is 26.3 Å². The molecule has 0 fully saturated rings. The lowest BCUT2D eigenvalue weighted by Gasteiger charge is -2.23. The Hall–Kier alpha value is -2.04. The summed E-state index contributed by atoms with van der Waals surface area (Å²) in [6.07, 6.45) is 0.935. The van der Waals surface area contributed by atoms with Crippen LogP contribution >= 0.6 is 0 Å². The van der Waals surface area contributed by atoms with E-state index in [4.69, 9.17) is 0 Å². The highest BCUT2D eigenvalue weighted by molar-refractivity contribution is 5.96. The molecule has 2 rings (SSSR count). The van der Waals surface area contributed by atoms with Gasteiger partial charge in [-0.15, -0.1) is 0 Å². The maximum Gasteiger partial charge on any atom is 0.321 e. The van der Waals surface area contributed by atoms with Crippen molar-refractivity contribution in [1.29, 1.82) is 0 Å². The number of carbonyl (C=O) groups excluding carboxylic acids is 2. The topological polar surface area (TPSA) is 61.4 Å². The van der Waals surface area contributed by atoms with Gasteiger partial charge in [-0.1, -0.05) is 18.2 Å². The molecule has 0 aliphatic carbocycles. The molecule has 5 heteroatoms. The van der Waals surface area contributed by atoms with Crippen LogP contribution in [0.2, 0.25) is 0 Å². The lowest BCUT2D eigenvalue weighted by Crippen LogP contribution is -2.45. The number of fused-ring (bicyclic) bond motifs is 1. The molecule has 0 saturated heterocycles. The van der Waals surface area contributed by atoms with Crippen LogP contribution in [-0.4, -0.2) is 31.1 Å². The van der Waals surface area contributed by atoms with E-state index >= 15 is 0 Å². The molecule has 0 unspecified atom stereocenters. The molecule has 0 spiro atoms. The predicted molar refractivity (Wildman–Crippen MR) is 74.2 cm³/mol. The van der Waals surface area contributed by atoms with Crippen molar-refractivity contribution in [3.63, 3.8) is 0 Å². The normalized spacial score (nSPS) is 16.9. The Labute approximate surface area is 113 Å². The number of hydrogen-bond acceptors (Lipinski definition) is 3. The molecule has 1 aliphatic rings. The summed E-state index contributed by atoms with van der Waals surface area (Å²) in [5, 5.41) is 4.87. The predicted octanol–water partition coefficient (Wildman–Crippen LogP) is 1.28. The lowest BCUT2D eigenvalue weighted by molar-refractivity contribution is -0.118. The van der Waals surface area contributed by atoms with Gasteiger partial charge in [-0.3, -0.25) is 10.1 Å². The largest absolute Gasteiger partial charge is 0.359 e. The van der Waals surface area contributed by atoms with E-state index in [-0.39, 0.29) is 18.5 Å². The fraction of sp³-hybridized carbons (Fsp3) is 0.429. The Bertz CT molecular complexity index is 487. The van der Waals surface area contributed by atoms with Crippen LogP contribution in [0, 0.1) is 0 Å². The second kappa shape index (κ2) is 5.73. The molecule has 1 aromatic carbocycles. The van der Waals surface area contributed by atoms with Crippen LogP contribution in [0.25, 0.3) is 0 Å². The Morgan fingerprint density at radius 3 is 2.84 bits per heavy atom. The minimum absolute atomic E-state index is 0.204. The van der Waals surface area contributed by atoms with Crippen molar-refractivity contribution in [2.75, 3.05) is 18.0 Å². The summed E-state index contributed by atoms with van der Waals surface area (Å²) in [7, 11) is 0. The molecule has 1 atom stereocenters. The average Bonchev–Trinajstić information content (AvgIpc) is 2.66. The highest BCUT2D eigenvalue weighted by Crippen LogP contribution is 2.31. The molecule has 0 aromatic heterocycles. The molecule has 0 bridgehead atoms. The van der Waals surface area contributed by atoms with Crippen LogP contribution in [0.3, 0.4) is 0 Å². The summed E-state index contributed by atoms with van der Waals surface area (Å²) < 4.78 is 0. The molecule has 1 aromatic rings. The SMILES string of the molecule is CCNC(=O)NC(=O)CN1c2ccccc2C[C@@H]1C. The molecule has 5 nitrogen and oxygen atoms in total. The third kappa shape index (κ3) is 3.05. The molecule has 1 heterocycles. The van der Waals surface area contributed by atoms with Gasteiger partial charge < -0.3 is 10.2 Å². The smallest absolute Gasteiger partial charge is 0.321 e. The molecule has 3 amide bonds. The van der Waals surface area contributed by atoms with Crippen LogP contribution in [0.5, 0.6) is 0 Å². The minimum Gasteiger partial charge on any atom is -0.359 e. The zero-order valence-corrected chi connectivity index (χ0v) is 11.3. The van der Waals surface area contributed by atoms with Gasteiger partial charge in [-0.25, -0.2) is 4.79 Å². The van der Waals surface area contributed by atoms with E-state index < -0.39 is 6.03 Å². The van der Waals surface area contributed by atoms with Crippen molar-refractivity contribution in [2.24, 2.45) is 0 Å². The van der Waals surface area contributed by atoms with Crippen molar-refractivity contribution in [3.8, 4) is 0 Å². The van der Waals surface area contributed by atoms with Crippen molar-refractivity contribution >= 4 is 17.6 Å². The van der Waals surface area contributed by atoms with Crippen LogP contribution in [-0.2, 0) is 11.2 Å². The van der Waals surface area contributed by atoms with E-state index in [2.05, 4.69) is 23.6 Å². The highest BCUT2D eigenvalue weighted by Gasteiger charge is 2.27. The van der Waals surface area contributed by atoms with Gasteiger partial charge in [0.15, 0.2) is 0 Å². The van der Waals surface area contributed by atoms with Crippen LogP contribution in [0.15, 0.2) is 24.3 Å².